The zero-order valence-corrected chi connectivity index (χ0v) is 13.8. The van der Waals surface area contributed by atoms with Gasteiger partial charge >= 0.3 is 0 Å². The number of morpholine rings is 1. The Morgan fingerprint density at radius 2 is 2.16 bits per heavy atom. The topological polar surface area (TPSA) is 38.2 Å². The van der Waals surface area contributed by atoms with Crippen molar-refractivity contribution in [2.24, 2.45) is 0 Å². The van der Waals surface area contributed by atoms with Crippen molar-refractivity contribution in [1.29, 1.82) is 0 Å². The van der Waals surface area contributed by atoms with Gasteiger partial charge in [0.05, 0.1) is 17.6 Å². The molecule has 0 radical (unpaired) electrons. The van der Waals surface area contributed by atoms with Crippen LogP contribution in [-0.4, -0.2) is 40.0 Å². The number of hydrogen-bond donors (Lipinski definition) is 0. The van der Waals surface area contributed by atoms with Crippen molar-refractivity contribution in [2.45, 2.75) is 51.7 Å². The Morgan fingerprint density at radius 3 is 2.68 bits per heavy atom. The number of halogens is 1. The first-order chi connectivity index (χ1) is 8.71. The molecule has 0 bridgehead atoms. The second kappa shape index (κ2) is 5.19. The van der Waals surface area contributed by atoms with E-state index in [4.69, 9.17) is 16.3 Å². The fourth-order valence-electron chi connectivity index (χ4n) is 2.17. The van der Waals surface area contributed by atoms with E-state index in [0.717, 1.165) is 24.0 Å². The van der Waals surface area contributed by atoms with E-state index in [9.17, 15) is 0 Å². The third kappa shape index (κ3) is 3.58. The van der Waals surface area contributed by atoms with Gasteiger partial charge in [0.1, 0.15) is 5.82 Å². The molecule has 1 aliphatic rings. The van der Waals surface area contributed by atoms with E-state index in [1.807, 2.05) is 0 Å². The van der Waals surface area contributed by atoms with Crippen molar-refractivity contribution in [3.63, 3.8) is 0 Å². The van der Waals surface area contributed by atoms with Gasteiger partial charge in [-0.3, -0.25) is 0 Å². The lowest BCUT2D eigenvalue weighted by Gasteiger charge is -2.42. The minimum Gasteiger partial charge on any atom is -0.367 e. The van der Waals surface area contributed by atoms with Crippen LogP contribution in [0.25, 0.3) is 0 Å². The number of nitrogens with zero attached hydrogens (tertiary/aromatic N) is 3. The number of hydrogen-bond acceptors (Lipinski definition) is 5. The van der Waals surface area contributed by atoms with Crippen molar-refractivity contribution in [3.8, 4) is 0 Å². The number of alkyl halides is 1. The molecule has 0 N–H and O–H groups in total. The summed E-state index contributed by atoms with van der Waals surface area (Å²) >= 11 is 7.42. The van der Waals surface area contributed by atoms with E-state index in [2.05, 4.69) is 48.9 Å². The van der Waals surface area contributed by atoms with Crippen LogP contribution in [-0.2, 0) is 10.2 Å². The van der Waals surface area contributed by atoms with Crippen LogP contribution >= 0.6 is 23.1 Å². The van der Waals surface area contributed by atoms with Crippen molar-refractivity contribution in [1.82, 2.24) is 9.36 Å². The molecule has 0 saturated carbocycles. The third-order valence-corrected chi connectivity index (χ3v) is 4.13. The smallest absolute Gasteiger partial charge is 0.205 e. The molecule has 2 heterocycles. The molecule has 19 heavy (non-hydrogen) atoms. The summed E-state index contributed by atoms with van der Waals surface area (Å²) in [5.41, 5.74) is -0.214. The zero-order chi connectivity index (χ0) is 14.3. The molecule has 6 heteroatoms. The summed E-state index contributed by atoms with van der Waals surface area (Å²) in [5.74, 6) is 1.41. The molecule has 1 unspecified atom stereocenters. The average Bonchev–Trinajstić information content (AvgIpc) is 2.75. The first kappa shape index (κ1) is 15.0. The molecule has 1 fully saturated rings. The second-order valence-electron chi connectivity index (χ2n) is 6.68. The van der Waals surface area contributed by atoms with Gasteiger partial charge in [0.2, 0.25) is 5.13 Å². The number of aromatic nitrogens is 2. The summed E-state index contributed by atoms with van der Waals surface area (Å²) in [5, 5.41) is 0.969. The Kier molecular flexibility index (Phi) is 4.10. The second-order valence-corrected chi connectivity index (χ2v) is 7.72. The summed E-state index contributed by atoms with van der Waals surface area (Å²) in [4.78, 5) is 6.91. The molecule has 0 aliphatic carbocycles. The van der Waals surface area contributed by atoms with Crippen molar-refractivity contribution in [2.75, 3.05) is 23.9 Å². The van der Waals surface area contributed by atoms with Crippen LogP contribution < -0.4 is 4.90 Å². The highest BCUT2D eigenvalue weighted by Crippen LogP contribution is 2.30. The highest BCUT2D eigenvalue weighted by Gasteiger charge is 2.35. The minimum absolute atomic E-state index is 0.0115. The Balaban J connectivity index is 2.19. The van der Waals surface area contributed by atoms with Crippen molar-refractivity contribution in [3.05, 3.63) is 5.82 Å². The van der Waals surface area contributed by atoms with Gasteiger partial charge in [-0.1, -0.05) is 20.8 Å². The summed E-state index contributed by atoms with van der Waals surface area (Å²) in [6, 6.07) is 0. The van der Waals surface area contributed by atoms with Crippen LogP contribution in [0.3, 0.4) is 0 Å². The molecule has 108 valence electrons. The summed E-state index contributed by atoms with van der Waals surface area (Å²) in [6.07, 6.45) is 0.0485. The molecular formula is C13H22ClN3OS. The molecule has 0 spiro atoms. The summed E-state index contributed by atoms with van der Waals surface area (Å²) in [7, 11) is 0. The predicted octanol–water partition coefficient (Wildman–Crippen LogP) is 3.06. The molecule has 0 amide bonds. The largest absolute Gasteiger partial charge is 0.367 e. The lowest BCUT2D eigenvalue weighted by atomic mass is 9.96. The maximum absolute atomic E-state index is 5.95. The first-order valence-corrected chi connectivity index (χ1v) is 7.85. The molecule has 1 atom stereocenters. The quantitative estimate of drug-likeness (QED) is 0.787. The normalized spacial score (nSPS) is 23.7. The van der Waals surface area contributed by atoms with E-state index < -0.39 is 0 Å². The maximum atomic E-state index is 5.95. The monoisotopic (exact) mass is 303 g/mol. The van der Waals surface area contributed by atoms with Gasteiger partial charge in [-0.25, -0.2) is 4.98 Å². The van der Waals surface area contributed by atoms with Gasteiger partial charge in [0.25, 0.3) is 0 Å². The Morgan fingerprint density at radius 1 is 1.47 bits per heavy atom. The predicted molar refractivity (Wildman–Crippen MR) is 80.5 cm³/mol. The van der Waals surface area contributed by atoms with Crippen LogP contribution in [0, 0.1) is 0 Å². The van der Waals surface area contributed by atoms with Gasteiger partial charge in [0, 0.05) is 30.0 Å². The molecular weight excluding hydrogens is 282 g/mol. The lowest BCUT2D eigenvalue weighted by molar-refractivity contribution is -0.0734. The van der Waals surface area contributed by atoms with E-state index in [-0.39, 0.29) is 17.1 Å². The van der Waals surface area contributed by atoms with Crippen LogP contribution in [0.15, 0.2) is 0 Å². The highest BCUT2D eigenvalue weighted by molar-refractivity contribution is 7.09. The molecule has 1 saturated heterocycles. The first-order valence-electron chi connectivity index (χ1n) is 6.54. The number of anilines is 1. The van der Waals surface area contributed by atoms with Crippen LogP contribution in [0.2, 0.25) is 0 Å². The Bertz CT molecular complexity index is 441. The molecule has 1 aliphatic heterocycles. The number of rotatable bonds is 2. The van der Waals surface area contributed by atoms with E-state index in [0.29, 0.717) is 5.88 Å². The maximum Gasteiger partial charge on any atom is 0.205 e. The lowest BCUT2D eigenvalue weighted by Crippen LogP contribution is -2.53. The fourth-order valence-corrected chi connectivity index (χ4v) is 3.20. The molecule has 4 nitrogen and oxygen atoms in total. The highest BCUT2D eigenvalue weighted by atomic mass is 35.5. The average molecular weight is 304 g/mol. The SMILES string of the molecule is CC1(C)CN(c2nc(C(C)(C)C)ns2)CC(CCl)O1. The number of ether oxygens (including phenoxy) is 1. The standard InChI is InChI=1S/C13H22ClN3OS/c1-12(2,3)10-15-11(19-16-10)17-7-9(6-14)18-13(4,5)8-17/h9H,6-8H2,1-5H3. The third-order valence-electron chi connectivity index (χ3n) is 3.01. The van der Waals surface area contributed by atoms with Gasteiger partial charge in [-0.05, 0) is 13.8 Å². The van der Waals surface area contributed by atoms with Crippen LogP contribution in [0.4, 0.5) is 5.13 Å². The van der Waals surface area contributed by atoms with Gasteiger partial charge in [-0.15, -0.1) is 11.6 Å². The van der Waals surface area contributed by atoms with E-state index >= 15 is 0 Å². The van der Waals surface area contributed by atoms with Crippen LogP contribution in [0.1, 0.15) is 40.4 Å². The Hall–Kier alpha value is -0.390. The molecule has 0 aromatic carbocycles. The van der Waals surface area contributed by atoms with Crippen molar-refractivity contribution < 1.29 is 4.74 Å². The van der Waals surface area contributed by atoms with Gasteiger partial charge in [0.15, 0.2) is 0 Å². The van der Waals surface area contributed by atoms with Crippen molar-refractivity contribution >= 4 is 28.3 Å². The fraction of sp³-hybridized carbons (Fsp3) is 0.846. The summed E-state index contributed by atoms with van der Waals surface area (Å²) in [6.45, 7) is 12.2. The van der Waals surface area contributed by atoms with Gasteiger partial charge < -0.3 is 9.64 Å². The molecule has 1 aromatic heterocycles. The summed E-state index contributed by atoms with van der Waals surface area (Å²) < 4.78 is 10.4. The van der Waals surface area contributed by atoms with Gasteiger partial charge in [-0.2, -0.15) is 4.37 Å². The Labute approximate surface area is 124 Å². The molecule has 2 rings (SSSR count). The zero-order valence-electron chi connectivity index (χ0n) is 12.2. The van der Waals surface area contributed by atoms with E-state index in [1.165, 1.54) is 11.5 Å². The van der Waals surface area contributed by atoms with E-state index in [1.54, 1.807) is 0 Å². The molecule has 1 aromatic rings. The van der Waals surface area contributed by atoms with Crippen LogP contribution in [0.5, 0.6) is 0 Å². The minimum atomic E-state index is -0.203.